The van der Waals surface area contributed by atoms with E-state index in [1.165, 1.54) is 0 Å². The quantitative estimate of drug-likeness (QED) is 0.875. The minimum atomic E-state index is 0.848. The Morgan fingerprint density at radius 1 is 1.16 bits per heavy atom. The van der Waals surface area contributed by atoms with E-state index in [1.807, 2.05) is 24.3 Å². The summed E-state index contributed by atoms with van der Waals surface area (Å²) in [6.07, 6.45) is 2.46. The molecule has 2 N–H and O–H groups in total. The molecule has 4 nitrogen and oxygen atoms in total. The normalized spacial score (nSPS) is 10.3. The van der Waals surface area contributed by atoms with Crippen molar-refractivity contribution in [3.8, 4) is 0 Å². The molecule has 1 heterocycles. The van der Waals surface area contributed by atoms with Gasteiger partial charge in [-0.1, -0.05) is 28.9 Å². The molecule has 100 valence electrons. The summed E-state index contributed by atoms with van der Waals surface area (Å²) in [5.74, 6) is 1.75. The number of nitrogens with one attached hydrogen (secondary N) is 2. The molecule has 0 atom stereocenters. The van der Waals surface area contributed by atoms with Crippen molar-refractivity contribution >= 4 is 33.3 Å². The van der Waals surface area contributed by atoms with Gasteiger partial charge in [-0.15, -0.1) is 0 Å². The van der Waals surface area contributed by atoms with Crippen LogP contribution in [0, 0.1) is 0 Å². The predicted octanol–water partition coefficient (Wildman–Crippen LogP) is 3.98. The van der Waals surface area contributed by atoms with Gasteiger partial charge in [0.05, 0.1) is 0 Å². The van der Waals surface area contributed by atoms with Gasteiger partial charge in [0.1, 0.15) is 18.0 Å². The molecule has 0 aliphatic carbocycles. The van der Waals surface area contributed by atoms with Gasteiger partial charge in [0.25, 0.3) is 0 Å². The van der Waals surface area contributed by atoms with E-state index in [1.54, 1.807) is 6.33 Å². The zero-order valence-electron chi connectivity index (χ0n) is 11.1. The Morgan fingerprint density at radius 3 is 2.63 bits per heavy atom. The van der Waals surface area contributed by atoms with Crippen LogP contribution in [-0.2, 0) is 6.42 Å². The molecular weight excluding hydrogens is 304 g/mol. The fraction of sp³-hybridized carbons (Fsp3) is 0.286. The number of rotatable bonds is 5. The third-order valence-electron chi connectivity index (χ3n) is 2.73. The summed E-state index contributed by atoms with van der Waals surface area (Å²) in [6, 6.07) is 8.02. The highest BCUT2D eigenvalue weighted by molar-refractivity contribution is 9.10. The second-order valence-electron chi connectivity index (χ2n) is 4.07. The molecule has 5 heteroatoms. The Bertz CT molecular complexity index is 557. The Labute approximate surface area is 121 Å². The van der Waals surface area contributed by atoms with Crippen molar-refractivity contribution in [1.82, 2.24) is 9.97 Å². The van der Waals surface area contributed by atoms with E-state index in [4.69, 9.17) is 0 Å². The zero-order chi connectivity index (χ0) is 13.7. The highest BCUT2D eigenvalue weighted by atomic mass is 79.9. The lowest BCUT2D eigenvalue weighted by molar-refractivity contribution is 1.03. The lowest BCUT2D eigenvalue weighted by Gasteiger charge is -2.13. The molecule has 2 aromatic rings. The Balaban J connectivity index is 2.31. The minimum absolute atomic E-state index is 0.848. The van der Waals surface area contributed by atoms with Crippen LogP contribution in [-0.4, -0.2) is 16.5 Å². The van der Waals surface area contributed by atoms with Crippen molar-refractivity contribution < 1.29 is 0 Å². The number of hydrogen-bond donors (Lipinski definition) is 2. The molecule has 0 radical (unpaired) electrons. The smallest absolute Gasteiger partial charge is 0.139 e. The van der Waals surface area contributed by atoms with Gasteiger partial charge in [-0.2, -0.15) is 0 Å². The number of aromatic nitrogens is 2. The zero-order valence-corrected chi connectivity index (χ0v) is 12.7. The topological polar surface area (TPSA) is 49.8 Å². The molecule has 0 spiro atoms. The molecule has 19 heavy (non-hydrogen) atoms. The number of hydrogen-bond acceptors (Lipinski definition) is 4. The summed E-state index contributed by atoms with van der Waals surface area (Å²) in [6.45, 7) is 5.01. The average molecular weight is 321 g/mol. The van der Waals surface area contributed by atoms with Gasteiger partial charge in [-0.25, -0.2) is 9.97 Å². The maximum absolute atomic E-state index is 4.34. The second kappa shape index (κ2) is 6.52. The summed E-state index contributed by atoms with van der Waals surface area (Å²) < 4.78 is 1.04. The third kappa shape index (κ3) is 3.44. The van der Waals surface area contributed by atoms with Gasteiger partial charge < -0.3 is 10.6 Å². The minimum Gasteiger partial charge on any atom is -0.370 e. The van der Waals surface area contributed by atoms with E-state index in [9.17, 15) is 0 Å². The fourth-order valence-electron chi connectivity index (χ4n) is 1.88. The van der Waals surface area contributed by atoms with Gasteiger partial charge in [-0.05, 0) is 31.5 Å². The van der Waals surface area contributed by atoms with Gasteiger partial charge in [0.15, 0.2) is 0 Å². The SMILES string of the molecule is CCNc1ncnc(Nc2cccc(Br)c2)c1CC. The number of anilines is 3. The number of halogens is 1. The van der Waals surface area contributed by atoms with Crippen molar-refractivity contribution in [2.45, 2.75) is 20.3 Å². The molecule has 0 saturated carbocycles. The lowest BCUT2D eigenvalue weighted by Crippen LogP contribution is -2.07. The van der Waals surface area contributed by atoms with Gasteiger partial charge >= 0.3 is 0 Å². The lowest BCUT2D eigenvalue weighted by atomic mass is 10.2. The number of benzene rings is 1. The summed E-state index contributed by atoms with van der Waals surface area (Å²) in [5.41, 5.74) is 2.11. The Hall–Kier alpha value is -1.62. The van der Waals surface area contributed by atoms with Crippen LogP contribution in [0.15, 0.2) is 35.1 Å². The highest BCUT2D eigenvalue weighted by Gasteiger charge is 2.09. The van der Waals surface area contributed by atoms with Crippen molar-refractivity contribution in [1.29, 1.82) is 0 Å². The second-order valence-corrected chi connectivity index (χ2v) is 4.98. The third-order valence-corrected chi connectivity index (χ3v) is 3.22. The highest BCUT2D eigenvalue weighted by Crippen LogP contribution is 2.25. The largest absolute Gasteiger partial charge is 0.370 e. The Kier molecular flexibility index (Phi) is 4.74. The van der Waals surface area contributed by atoms with Crippen molar-refractivity contribution in [2.24, 2.45) is 0 Å². The van der Waals surface area contributed by atoms with E-state index in [2.05, 4.69) is 50.4 Å². The van der Waals surface area contributed by atoms with E-state index in [-0.39, 0.29) is 0 Å². The van der Waals surface area contributed by atoms with Gasteiger partial charge in [0.2, 0.25) is 0 Å². The molecule has 2 rings (SSSR count). The molecule has 0 amide bonds. The maximum atomic E-state index is 4.34. The summed E-state index contributed by atoms with van der Waals surface area (Å²) in [7, 11) is 0. The molecule has 0 bridgehead atoms. The first-order valence-electron chi connectivity index (χ1n) is 6.35. The molecule has 0 saturated heterocycles. The Morgan fingerprint density at radius 2 is 1.95 bits per heavy atom. The first-order valence-corrected chi connectivity index (χ1v) is 7.14. The summed E-state index contributed by atoms with van der Waals surface area (Å²) in [4.78, 5) is 8.63. The van der Waals surface area contributed by atoms with Crippen LogP contribution in [0.4, 0.5) is 17.3 Å². The predicted molar refractivity (Wildman–Crippen MR) is 83.0 cm³/mol. The van der Waals surface area contributed by atoms with Crippen LogP contribution in [0.3, 0.4) is 0 Å². The van der Waals surface area contributed by atoms with Crippen LogP contribution in [0.5, 0.6) is 0 Å². The van der Waals surface area contributed by atoms with E-state index >= 15 is 0 Å². The van der Waals surface area contributed by atoms with E-state index in [0.717, 1.165) is 40.3 Å². The van der Waals surface area contributed by atoms with Crippen molar-refractivity contribution in [3.05, 3.63) is 40.6 Å². The van der Waals surface area contributed by atoms with Crippen LogP contribution in [0.25, 0.3) is 0 Å². The van der Waals surface area contributed by atoms with E-state index in [0.29, 0.717) is 0 Å². The fourth-order valence-corrected chi connectivity index (χ4v) is 2.28. The van der Waals surface area contributed by atoms with Crippen LogP contribution >= 0.6 is 15.9 Å². The van der Waals surface area contributed by atoms with Crippen LogP contribution < -0.4 is 10.6 Å². The first-order chi connectivity index (χ1) is 9.24. The summed E-state index contributed by atoms with van der Waals surface area (Å²) >= 11 is 3.47. The molecule has 1 aromatic heterocycles. The van der Waals surface area contributed by atoms with Crippen LogP contribution in [0.1, 0.15) is 19.4 Å². The van der Waals surface area contributed by atoms with Crippen molar-refractivity contribution in [3.63, 3.8) is 0 Å². The summed E-state index contributed by atoms with van der Waals surface area (Å²) in [5, 5.41) is 6.61. The van der Waals surface area contributed by atoms with Crippen molar-refractivity contribution in [2.75, 3.05) is 17.2 Å². The standard InChI is InChI=1S/C14H17BrN4/c1-3-12-13(16-4-2)17-9-18-14(12)19-11-7-5-6-10(15)8-11/h5-9H,3-4H2,1-2H3,(H2,16,17,18,19). The van der Waals surface area contributed by atoms with Gasteiger partial charge in [-0.3, -0.25) is 0 Å². The first kappa shape index (κ1) is 13.8. The molecule has 0 unspecified atom stereocenters. The maximum Gasteiger partial charge on any atom is 0.139 e. The number of nitrogens with zero attached hydrogens (tertiary/aromatic N) is 2. The molecule has 0 fully saturated rings. The average Bonchev–Trinajstić information content (AvgIpc) is 2.39. The van der Waals surface area contributed by atoms with Crippen LogP contribution in [0.2, 0.25) is 0 Å². The molecular formula is C14H17BrN4. The molecule has 1 aromatic carbocycles. The molecule has 0 aliphatic heterocycles. The molecule has 0 aliphatic rings. The van der Waals surface area contributed by atoms with Gasteiger partial charge in [0, 0.05) is 22.3 Å². The monoisotopic (exact) mass is 320 g/mol. The van der Waals surface area contributed by atoms with E-state index < -0.39 is 0 Å².